The van der Waals surface area contributed by atoms with Crippen LogP contribution in [0.3, 0.4) is 0 Å². The smallest absolute Gasteiger partial charge is 0.0645 e. The molecule has 1 aromatic carbocycles. The standard InChI is InChI=1S/C33H48N2O/c1-6-10-30(28-11-8-7-9-12-32(34)25(5)19-28)33(23(2)3)31-20-27(14-13-24(31)4)26-15-17-35(18-16-26)29-21-36-22-29/h11,13-14,19-20,23,26,29,34H,6-10,12,15-18,21-22H2,1-5H3/b25-19-,28-11+,33-30+,34-32?. The van der Waals surface area contributed by atoms with E-state index in [4.69, 9.17) is 10.1 Å². The van der Waals surface area contributed by atoms with Gasteiger partial charge in [-0.1, -0.05) is 57.5 Å². The fourth-order valence-corrected chi connectivity index (χ4v) is 6.21. The zero-order valence-electron chi connectivity index (χ0n) is 23.5. The fourth-order valence-electron chi connectivity index (χ4n) is 6.21. The molecular formula is C33H48N2O. The molecule has 3 nitrogen and oxygen atoms in total. The number of ether oxygens (including phenoxy) is 1. The van der Waals surface area contributed by atoms with E-state index in [1.165, 1.54) is 65.8 Å². The Bertz CT molecular complexity index is 1020. The van der Waals surface area contributed by atoms with Crippen LogP contribution in [0.15, 0.2) is 47.1 Å². The molecule has 1 aliphatic carbocycles. The molecule has 0 atom stereocenters. The molecule has 0 saturated carbocycles. The van der Waals surface area contributed by atoms with Crippen molar-refractivity contribution in [3.8, 4) is 0 Å². The van der Waals surface area contributed by atoms with E-state index in [0.717, 1.165) is 56.6 Å². The summed E-state index contributed by atoms with van der Waals surface area (Å²) in [4.78, 5) is 2.64. The van der Waals surface area contributed by atoms with Gasteiger partial charge in [-0.3, -0.25) is 4.90 Å². The maximum Gasteiger partial charge on any atom is 0.0645 e. The third-order valence-electron chi connectivity index (χ3n) is 8.53. The lowest BCUT2D eigenvalue weighted by atomic mass is 9.80. The summed E-state index contributed by atoms with van der Waals surface area (Å²) in [7, 11) is 0. The highest BCUT2D eigenvalue weighted by Gasteiger charge is 2.30. The number of aryl methyl sites for hydroxylation is 1. The Morgan fingerprint density at radius 2 is 1.86 bits per heavy atom. The second-order valence-electron chi connectivity index (χ2n) is 11.6. The van der Waals surface area contributed by atoms with E-state index < -0.39 is 0 Å². The number of hydrogen-bond donors (Lipinski definition) is 1. The summed E-state index contributed by atoms with van der Waals surface area (Å²) in [6.07, 6.45) is 13.8. The number of piperidine rings is 1. The van der Waals surface area contributed by atoms with Crippen molar-refractivity contribution in [2.24, 2.45) is 5.92 Å². The van der Waals surface area contributed by atoms with Gasteiger partial charge in [-0.15, -0.1) is 0 Å². The molecular weight excluding hydrogens is 440 g/mol. The van der Waals surface area contributed by atoms with Crippen molar-refractivity contribution in [1.29, 1.82) is 5.41 Å². The summed E-state index contributed by atoms with van der Waals surface area (Å²) in [6, 6.07) is 7.97. The lowest BCUT2D eigenvalue weighted by Gasteiger charge is -2.41. The lowest BCUT2D eigenvalue weighted by Crippen LogP contribution is -2.51. The van der Waals surface area contributed by atoms with Gasteiger partial charge >= 0.3 is 0 Å². The van der Waals surface area contributed by atoms with Gasteiger partial charge in [0.25, 0.3) is 0 Å². The maximum atomic E-state index is 8.53. The maximum absolute atomic E-state index is 8.53. The van der Waals surface area contributed by atoms with E-state index >= 15 is 0 Å². The molecule has 0 bridgehead atoms. The monoisotopic (exact) mass is 488 g/mol. The summed E-state index contributed by atoms with van der Waals surface area (Å²) in [5, 5.41) is 8.53. The van der Waals surface area contributed by atoms with E-state index in [1.54, 1.807) is 0 Å². The molecule has 1 N–H and O–H groups in total. The van der Waals surface area contributed by atoms with Crippen molar-refractivity contribution in [2.75, 3.05) is 26.3 Å². The minimum Gasteiger partial charge on any atom is -0.378 e. The number of hydrogen-bond acceptors (Lipinski definition) is 3. The highest BCUT2D eigenvalue weighted by Crippen LogP contribution is 2.39. The molecule has 4 rings (SSSR count). The number of likely N-dealkylation sites (tertiary alicyclic amines) is 1. The predicted molar refractivity (Wildman–Crippen MR) is 154 cm³/mol. The summed E-state index contributed by atoms with van der Waals surface area (Å²) in [6.45, 7) is 15.7. The summed E-state index contributed by atoms with van der Waals surface area (Å²) in [5.74, 6) is 1.10. The van der Waals surface area contributed by atoms with Crippen LogP contribution in [0.5, 0.6) is 0 Å². The number of nitrogens with one attached hydrogen (secondary N) is 1. The summed E-state index contributed by atoms with van der Waals surface area (Å²) < 4.78 is 5.44. The van der Waals surface area contributed by atoms with E-state index in [1.807, 2.05) is 0 Å². The molecule has 2 aliphatic heterocycles. The van der Waals surface area contributed by atoms with Crippen LogP contribution in [0.2, 0.25) is 0 Å². The Hall–Kier alpha value is -1.97. The topological polar surface area (TPSA) is 36.3 Å². The molecule has 3 aliphatic rings. The van der Waals surface area contributed by atoms with Gasteiger partial charge in [0.2, 0.25) is 0 Å². The third-order valence-corrected chi connectivity index (χ3v) is 8.53. The van der Waals surface area contributed by atoms with Crippen LogP contribution in [-0.4, -0.2) is 43.0 Å². The Morgan fingerprint density at radius 3 is 2.50 bits per heavy atom. The molecule has 0 amide bonds. The first-order valence-corrected chi connectivity index (χ1v) is 14.5. The molecule has 0 aromatic heterocycles. The molecule has 196 valence electrons. The molecule has 36 heavy (non-hydrogen) atoms. The van der Waals surface area contributed by atoms with Crippen LogP contribution < -0.4 is 0 Å². The number of allylic oxidation sites excluding steroid dienone is 6. The van der Waals surface area contributed by atoms with E-state index in [2.05, 4.69) is 69.9 Å². The zero-order valence-corrected chi connectivity index (χ0v) is 23.5. The van der Waals surface area contributed by atoms with Crippen LogP contribution in [0.1, 0.15) is 102 Å². The van der Waals surface area contributed by atoms with Crippen LogP contribution >= 0.6 is 0 Å². The van der Waals surface area contributed by atoms with Crippen LogP contribution in [0, 0.1) is 18.3 Å². The van der Waals surface area contributed by atoms with Crippen molar-refractivity contribution in [1.82, 2.24) is 4.90 Å². The third kappa shape index (κ3) is 6.29. The minimum absolute atomic E-state index is 0.447. The minimum atomic E-state index is 0.447. The van der Waals surface area contributed by atoms with Crippen LogP contribution in [0.25, 0.3) is 5.57 Å². The Kier molecular flexibility index (Phi) is 9.41. The first-order valence-electron chi connectivity index (χ1n) is 14.5. The van der Waals surface area contributed by atoms with Gasteiger partial charge < -0.3 is 10.1 Å². The van der Waals surface area contributed by atoms with Crippen molar-refractivity contribution >= 4 is 11.3 Å². The molecule has 0 radical (unpaired) electrons. The average Bonchev–Trinajstić information content (AvgIpc) is 2.90. The quantitative estimate of drug-likeness (QED) is 0.419. The average molecular weight is 489 g/mol. The highest BCUT2D eigenvalue weighted by molar-refractivity contribution is 5.98. The van der Waals surface area contributed by atoms with Gasteiger partial charge in [0.05, 0.1) is 19.3 Å². The van der Waals surface area contributed by atoms with Crippen LogP contribution in [0.4, 0.5) is 0 Å². The second-order valence-corrected chi connectivity index (χ2v) is 11.6. The Labute approximate surface area is 220 Å². The molecule has 0 unspecified atom stereocenters. The van der Waals surface area contributed by atoms with Gasteiger partial charge in [0.1, 0.15) is 0 Å². The van der Waals surface area contributed by atoms with Crippen molar-refractivity contribution in [3.05, 3.63) is 63.8 Å². The van der Waals surface area contributed by atoms with Gasteiger partial charge in [0.15, 0.2) is 0 Å². The molecule has 1 aromatic rings. The predicted octanol–water partition coefficient (Wildman–Crippen LogP) is 8.25. The summed E-state index contributed by atoms with van der Waals surface area (Å²) in [5.41, 5.74) is 10.7. The normalized spacial score (nSPS) is 24.7. The number of nitrogens with zero attached hydrogens (tertiary/aromatic N) is 1. The van der Waals surface area contributed by atoms with E-state index in [0.29, 0.717) is 17.9 Å². The Balaban J connectivity index is 1.71. The SMILES string of the molecule is CCCC(/C1=C/CCCCC(=N)/C(C)=C\1)=C(\c1cc(C2CCN(C3COC3)CC2)ccc1C)C(C)C. The molecule has 3 heteroatoms. The van der Waals surface area contributed by atoms with Gasteiger partial charge in [0, 0.05) is 5.71 Å². The number of benzene rings is 1. The van der Waals surface area contributed by atoms with Gasteiger partial charge in [-0.2, -0.15) is 0 Å². The summed E-state index contributed by atoms with van der Waals surface area (Å²) >= 11 is 0. The van der Waals surface area contributed by atoms with Crippen molar-refractivity contribution in [3.63, 3.8) is 0 Å². The highest BCUT2D eigenvalue weighted by atomic mass is 16.5. The molecule has 2 heterocycles. The van der Waals surface area contributed by atoms with E-state index in [9.17, 15) is 0 Å². The van der Waals surface area contributed by atoms with E-state index in [-0.39, 0.29) is 0 Å². The van der Waals surface area contributed by atoms with Gasteiger partial charge in [-0.05, 0) is 123 Å². The molecule has 2 saturated heterocycles. The second kappa shape index (κ2) is 12.5. The Morgan fingerprint density at radius 1 is 1.11 bits per heavy atom. The largest absolute Gasteiger partial charge is 0.378 e. The van der Waals surface area contributed by atoms with Crippen LogP contribution in [-0.2, 0) is 4.74 Å². The van der Waals surface area contributed by atoms with Crippen molar-refractivity contribution in [2.45, 2.75) is 97.9 Å². The van der Waals surface area contributed by atoms with Gasteiger partial charge in [-0.25, -0.2) is 0 Å². The lowest BCUT2D eigenvalue weighted by molar-refractivity contribution is -0.0712. The fraction of sp³-hybridized carbons (Fsp3) is 0.606. The zero-order chi connectivity index (χ0) is 25.7. The first kappa shape index (κ1) is 27.1. The molecule has 0 spiro atoms. The molecule has 2 fully saturated rings. The first-order chi connectivity index (χ1) is 17.4. The number of rotatable bonds is 7. The van der Waals surface area contributed by atoms with Crippen molar-refractivity contribution < 1.29 is 4.74 Å².